The van der Waals surface area contributed by atoms with Gasteiger partial charge in [-0.25, -0.2) is 9.69 Å². The molecule has 0 unspecified atom stereocenters. The normalized spacial score (nSPS) is 20.2. The summed E-state index contributed by atoms with van der Waals surface area (Å²) in [5, 5.41) is 2.27. The summed E-state index contributed by atoms with van der Waals surface area (Å²) in [5.74, 6) is -0.732. The van der Waals surface area contributed by atoms with E-state index in [0.29, 0.717) is 18.0 Å². The van der Waals surface area contributed by atoms with Crippen LogP contribution in [0.15, 0.2) is 35.9 Å². The summed E-state index contributed by atoms with van der Waals surface area (Å²) in [6.07, 6.45) is 3.81. The molecule has 8 nitrogen and oxygen atoms in total. The average Bonchev–Trinajstić information content (AvgIpc) is 3.36. The first kappa shape index (κ1) is 21.8. The Bertz CT molecular complexity index is 1080. The Hall–Kier alpha value is -3.39. The molecule has 1 N–H and O–H groups in total. The Kier molecular flexibility index (Phi) is 6.14. The molecular formula is C24H27N3O5. The van der Waals surface area contributed by atoms with Crippen molar-refractivity contribution in [3.63, 3.8) is 0 Å². The average molecular weight is 437 g/mol. The van der Waals surface area contributed by atoms with E-state index in [2.05, 4.69) is 9.88 Å². The molecule has 2 aromatic rings. The lowest BCUT2D eigenvalue weighted by Crippen LogP contribution is -2.54. The fourth-order valence-corrected chi connectivity index (χ4v) is 4.15. The molecule has 8 heteroatoms. The zero-order valence-electron chi connectivity index (χ0n) is 18.5. The topological polar surface area (TPSA) is 89.9 Å². The number of benzene rings is 1. The number of hydrogen-bond donors (Lipinski definition) is 1. The van der Waals surface area contributed by atoms with Gasteiger partial charge in [-0.15, -0.1) is 0 Å². The Balaban J connectivity index is 1.63. The summed E-state index contributed by atoms with van der Waals surface area (Å²) in [5.41, 5.74) is 3.00. The molecule has 32 heavy (non-hydrogen) atoms. The highest BCUT2D eigenvalue weighted by atomic mass is 16.5. The van der Waals surface area contributed by atoms with Gasteiger partial charge in [-0.1, -0.05) is 0 Å². The standard InChI is InChI=1S/C24H27N3O5/c1-4-31-19-9-7-18(8-10-19)27-23(29)21(22(28)25-24(27)30)13-17-12-15(2)26(16(17)3)14-20-6-5-11-32-20/h7-10,12-13,20H,4-6,11,14H2,1-3H3,(H,25,28,30)/b21-13+/t20-/m0/s1. The van der Waals surface area contributed by atoms with Crippen molar-refractivity contribution < 1.29 is 23.9 Å². The van der Waals surface area contributed by atoms with Crippen LogP contribution in [-0.4, -0.2) is 41.7 Å². The highest BCUT2D eigenvalue weighted by Crippen LogP contribution is 2.26. The van der Waals surface area contributed by atoms with Crippen LogP contribution in [0.1, 0.15) is 36.7 Å². The molecule has 3 heterocycles. The van der Waals surface area contributed by atoms with Gasteiger partial charge in [-0.05, 0) is 75.6 Å². The van der Waals surface area contributed by atoms with E-state index in [1.165, 1.54) is 0 Å². The van der Waals surface area contributed by atoms with Crippen LogP contribution in [0.5, 0.6) is 5.75 Å². The number of amides is 4. The molecule has 2 aliphatic heterocycles. The lowest BCUT2D eigenvalue weighted by atomic mass is 10.1. The van der Waals surface area contributed by atoms with Gasteiger partial charge in [0.1, 0.15) is 11.3 Å². The van der Waals surface area contributed by atoms with E-state index in [1.807, 2.05) is 26.8 Å². The van der Waals surface area contributed by atoms with E-state index in [4.69, 9.17) is 9.47 Å². The van der Waals surface area contributed by atoms with Crippen LogP contribution in [-0.2, 0) is 20.9 Å². The number of urea groups is 1. The van der Waals surface area contributed by atoms with Crippen LogP contribution < -0.4 is 15.0 Å². The number of aryl methyl sites for hydroxylation is 1. The SMILES string of the molecule is CCOc1ccc(N2C(=O)NC(=O)/C(=C\c3cc(C)n(C[C@@H]4CCCO4)c3C)C2=O)cc1. The van der Waals surface area contributed by atoms with Gasteiger partial charge in [-0.2, -0.15) is 0 Å². The van der Waals surface area contributed by atoms with Crippen LogP contribution in [0.3, 0.4) is 0 Å². The van der Waals surface area contributed by atoms with Crippen molar-refractivity contribution in [2.24, 2.45) is 0 Å². The number of barbiturate groups is 1. The maximum absolute atomic E-state index is 13.2. The Morgan fingerprint density at radius 2 is 1.94 bits per heavy atom. The molecule has 2 fully saturated rings. The number of nitrogens with zero attached hydrogens (tertiary/aromatic N) is 2. The third-order valence-corrected chi connectivity index (χ3v) is 5.83. The van der Waals surface area contributed by atoms with E-state index < -0.39 is 17.8 Å². The van der Waals surface area contributed by atoms with E-state index in [9.17, 15) is 14.4 Å². The zero-order valence-corrected chi connectivity index (χ0v) is 18.5. The third kappa shape index (κ3) is 4.18. The van der Waals surface area contributed by atoms with Crippen molar-refractivity contribution in [2.45, 2.75) is 46.3 Å². The number of hydrogen-bond acceptors (Lipinski definition) is 5. The Morgan fingerprint density at radius 3 is 2.59 bits per heavy atom. The highest BCUT2D eigenvalue weighted by Gasteiger charge is 2.37. The first-order valence-corrected chi connectivity index (χ1v) is 10.8. The van der Waals surface area contributed by atoms with Gasteiger partial charge >= 0.3 is 6.03 Å². The van der Waals surface area contributed by atoms with E-state index in [1.54, 1.807) is 30.3 Å². The van der Waals surface area contributed by atoms with Gasteiger partial charge in [0.2, 0.25) is 0 Å². The first-order chi connectivity index (χ1) is 15.4. The summed E-state index contributed by atoms with van der Waals surface area (Å²) in [4.78, 5) is 39.1. The van der Waals surface area contributed by atoms with Crippen molar-refractivity contribution in [1.82, 2.24) is 9.88 Å². The lowest BCUT2D eigenvalue weighted by molar-refractivity contribution is -0.122. The third-order valence-electron chi connectivity index (χ3n) is 5.83. The number of rotatable bonds is 6. The second-order valence-electron chi connectivity index (χ2n) is 7.96. The minimum atomic E-state index is -0.773. The van der Waals surface area contributed by atoms with Crippen molar-refractivity contribution >= 4 is 29.6 Å². The van der Waals surface area contributed by atoms with Gasteiger partial charge in [0.05, 0.1) is 18.4 Å². The van der Waals surface area contributed by atoms with Gasteiger partial charge in [0, 0.05) is 24.5 Å². The number of imide groups is 2. The number of ether oxygens (including phenoxy) is 2. The fourth-order valence-electron chi connectivity index (χ4n) is 4.15. The van der Waals surface area contributed by atoms with E-state index in [-0.39, 0.29) is 11.7 Å². The molecule has 2 aliphatic rings. The van der Waals surface area contributed by atoms with Crippen LogP contribution in [0.25, 0.3) is 6.08 Å². The fraction of sp³-hybridized carbons (Fsp3) is 0.375. The molecule has 2 saturated heterocycles. The van der Waals surface area contributed by atoms with Crippen molar-refractivity contribution in [3.05, 3.63) is 52.9 Å². The Morgan fingerprint density at radius 1 is 1.19 bits per heavy atom. The molecule has 168 valence electrons. The number of aromatic nitrogens is 1. The summed E-state index contributed by atoms with van der Waals surface area (Å²) in [7, 11) is 0. The summed E-state index contributed by atoms with van der Waals surface area (Å²) in [6.45, 7) is 7.84. The molecule has 0 radical (unpaired) electrons. The van der Waals surface area contributed by atoms with E-state index >= 15 is 0 Å². The molecule has 1 atom stereocenters. The van der Waals surface area contributed by atoms with Crippen LogP contribution in [0.2, 0.25) is 0 Å². The molecule has 0 aliphatic carbocycles. The van der Waals surface area contributed by atoms with Crippen molar-refractivity contribution in [2.75, 3.05) is 18.1 Å². The molecule has 0 spiro atoms. The maximum Gasteiger partial charge on any atom is 0.335 e. The van der Waals surface area contributed by atoms with Crippen LogP contribution >= 0.6 is 0 Å². The molecular weight excluding hydrogens is 410 g/mol. The van der Waals surface area contributed by atoms with Gasteiger partial charge in [0.25, 0.3) is 11.8 Å². The number of anilines is 1. The quantitative estimate of drug-likeness (QED) is 0.553. The predicted octanol–water partition coefficient (Wildman–Crippen LogP) is 3.35. The monoisotopic (exact) mass is 437 g/mol. The predicted molar refractivity (Wildman–Crippen MR) is 119 cm³/mol. The molecule has 0 saturated carbocycles. The summed E-state index contributed by atoms with van der Waals surface area (Å²) >= 11 is 0. The van der Waals surface area contributed by atoms with Gasteiger partial charge in [0.15, 0.2) is 0 Å². The number of carbonyl (C=O) groups is 3. The van der Waals surface area contributed by atoms with Gasteiger partial charge in [-0.3, -0.25) is 14.9 Å². The van der Waals surface area contributed by atoms with E-state index in [0.717, 1.165) is 47.8 Å². The minimum absolute atomic E-state index is 0.0872. The molecule has 1 aromatic carbocycles. The van der Waals surface area contributed by atoms with Crippen LogP contribution in [0.4, 0.5) is 10.5 Å². The van der Waals surface area contributed by atoms with Crippen molar-refractivity contribution in [3.8, 4) is 5.75 Å². The lowest BCUT2D eigenvalue weighted by Gasteiger charge is -2.26. The summed E-state index contributed by atoms with van der Waals surface area (Å²) < 4.78 is 13.3. The second kappa shape index (κ2) is 9.00. The smallest absolute Gasteiger partial charge is 0.335 e. The summed E-state index contributed by atoms with van der Waals surface area (Å²) in [6, 6.07) is 7.75. The molecule has 1 aromatic heterocycles. The highest BCUT2D eigenvalue weighted by molar-refractivity contribution is 6.39. The minimum Gasteiger partial charge on any atom is -0.494 e. The first-order valence-electron chi connectivity index (χ1n) is 10.8. The second-order valence-corrected chi connectivity index (χ2v) is 7.96. The zero-order chi connectivity index (χ0) is 22.8. The largest absolute Gasteiger partial charge is 0.494 e. The molecule has 4 amide bonds. The maximum atomic E-state index is 13.2. The molecule has 4 rings (SSSR count). The number of carbonyl (C=O) groups excluding carboxylic acids is 3. The van der Waals surface area contributed by atoms with Crippen LogP contribution in [0, 0.1) is 13.8 Å². The van der Waals surface area contributed by atoms with Gasteiger partial charge < -0.3 is 14.0 Å². The van der Waals surface area contributed by atoms with Crippen molar-refractivity contribution in [1.29, 1.82) is 0 Å². The number of nitrogens with one attached hydrogen (secondary N) is 1. The Labute approximate surface area is 186 Å². The molecule has 0 bridgehead atoms.